The van der Waals surface area contributed by atoms with Gasteiger partial charge in [0.25, 0.3) is 0 Å². The summed E-state index contributed by atoms with van der Waals surface area (Å²) < 4.78 is 4.99. The molecule has 7 nitrogen and oxygen atoms in total. The van der Waals surface area contributed by atoms with Gasteiger partial charge in [-0.1, -0.05) is 289 Å². The third-order valence-corrected chi connectivity index (χ3v) is 16.3. The highest BCUT2D eigenvalue weighted by Gasteiger charge is 2.14. The number of nitrogens with zero attached hydrogens (tertiary/aromatic N) is 1. The van der Waals surface area contributed by atoms with Gasteiger partial charge in [0.15, 0.2) is 6.40 Å². The third-order valence-electron chi connectivity index (χ3n) is 16.3. The number of carbonyl (C=O) groups is 2. The minimum absolute atomic E-state index is 0.0929. The van der Waals surface area contributed by atoms with Gasteiger partial charge in [-0.15, -0.1) is 0 Å². The number of rotatable bonds is 56. The van der Waals surface area contributed by atoms with E-state index in [1.54, 1.807) is 0 Å². The minimum atomic E-state index is 0.0929. The van der Waals surface area contributed by atoms with Crippen LogP contribution in [0.1, 0.15) is 321 Å². The summed E-state index contributed by atoms with van der Waals surface area (Å²) in [6, 6.07) is 25.6. The standard InChI is InChI=1S/C72H120N4O3/c1-3-5-7-9-11-13-15-17-20-25-29-33-37-41-45-49-71(77)74-66-53-59-69(60-54-66)76(68-57-51-65(52-58-68)48-44-40-36-32-28-24-22-19-23-27-31-35-39-43-47-63-79-64-73)70-61-55-67(56-62-70)75-72(78)50-46-42-38-34-30-26-21-18-16-14-12-10-8-6-4-2/h51-62,64,73H,3-50,63H2,1-2H3,(H,74,77)(H,75,78). The molecule has 0 heterocycles. The molecule has 446 valence electrons. The zero-order valence-corrected chi connectivity index (χ0v) is 51.3. The number of ether oxygens (including phenoxy) is 1. The molecule has 3 rings (SSSR count). The van der Waals surface area contributed by atoms with Crippen LogP contribution in [-0.4, -0.2) is 24.8 Å². The molecule has 0 unspecified atom stereocenters. The summed E-state index contributed by atoms with van der Waals surface area (Å²) in [6.45, 7) is 5.27. The van der Waals surface area contributed by atoms with E-state index in [-0.39, 0.29) is 11.8 Å². The van der Waals surface area contributed by atoms with Crippen molar-refractivity contribution in [1.82, 2.24) is 0 Å². The van der Waals surface area contributed by atoms with Crippen molar-refractivity contribution in [3.63, 3.8) is 0 Å². The molecule has 7 heteroatoms. The maximum atomic E-state index is 13.0. The van der Waals surface area contributed by atoms with Crippen LogP contribution < -0.4 is 15.5 Å². The van der Waals surface area contributed by atoms with Crippen molar-refractivity contribution < 1.29 is 14.3 Å². The molecule has 0 radical (unpaired) electrons. The van der Waals surface area contributed by atoms with E-state index in [2.05, 4.69) is 77.9 Å². The normalized spacial score (nSPS) is 11.3. The summed E-state index contributed by atoms with van der Waals surface area (Å²) in [5.74, 6) is 0.186. The molecular weight excluding hydrogens is 969 g/mol. The molecule has 0 saturated heterocycles. The van der Waals surface area contributed by atoms with Gasteiger partial charge in [-0.3, -0.25) is 15.0 Å². The molecule has 0 spiro atoms. The Morgan fingerprint density at radius 3 is 0.899 bits per heavy atom. The monoisotopic (exact) mass is 1090 g/mol. The number of benzene rings is 3. The van der Waals surface area contributed by atoms with Gasteiger partial charge >= 0.3 is 0 Å². The zero-order chi connectivity index (χ0) is 56.2. The molecular formula is C72H120N4O3. The van der Waals surface area contributed by atoms with Crippen LogP contribution in [0.2, 0.25) is 0 Å². The Kier molecular flexibility index (Phi) is 44.5. The first-order valence-electron chi connectivity index (χ1n) is 33.8. The van der Waals surface area contributed by atoms with Gasteiger partial charge in [-0.05, 0) is 98.3 Å². The molecule has 0 bridgehead atoms. The lowest BCUT2D eigenvalue weighted by atomic mass is 10.0. The van der Waals surface area contributed by atoms with E-state index in [0.717, 1.165) is 73.4 Å². The third kappa shape index (κ3) is 38.3. The van der Waals surface area contributed by atoms with E-state index in [9.17, 15) is 9.59 Å². The van der Waals surface area contributed by atoms with E-state index in [4.69, 9.17) is 10.1 Å². The van der Waals surface area contributed by atoms with Crippen molar-refractivity contribution in [3.8, 4) is 0 Å². The maximum Gasteiger partial charge on any atom is 0.224 e. The van der Waals surface area contributed by atoms with Crippen LogP contribution in [0.5, 0.6) is 0 Å². The van der Waals surface area contributed by atoms with Crippen LogP contribution in [-0.2, 0) is 20.7 Å². The predicted molar refractivity (Wildman–Crippen MR) is 345 cm³/mol. The summed E-state index contributed by atoms with van der Waals surface area (Å²) in [6.07, 6.45) is 62.6. The van der Waals surface area contributed by atoms with Crippen LogP contribution in [0, 0.1) is 5.41 Å². The Labute approximate surface area is 486 Å². The molecule has 0 aliphatic heterocycles. The highest BCUT2D eigenvalue weighted by molar-refractivity contribution is 5.92. The first-order chi connectivity index (χ1) is 39.0. The molecule has 3 N–H and O–H groups in total. The molecule has 2 amide bonds. The first kappa shape index (κ1) is 69.1. The second kappa shape index (κ2) is 50.8. The number of nitrogens with one attached hydrogen (secondary N) is 3. The number of amides is 2. The van der Waals surface area contributed by atoms with Crippen molar-refractivity contribution in [3.05, 3.63) is 78.4 Å². The number of unbranched alkanes of at least 4 members (excludes halogenated alkanes) is 42. The number of aryl methyl sites for hydroxylation is 1. The molecule has 0 aliphatic carbocycles. The highest BCUT2D eigenvalue weighted by Crippen LogP contribution is 2.36. The van der Waals surface area contributed by atoms with Gasteiger partial charge < -0.3 is 20.3 Å². The second-order valence-corrected chi connectivity index (χ2v) is 23.6. The summed E-state index contributed by atoms with van der Waals surface area (Å²) in [7, 11) is 0. The van der Waals surface area contributed by atoms with Crippen LogP contribution in [0.25, 0.3) is 0 Å². The van der Waals surface area contributed by atoms with E-state index in [1.807, 2.05) is 24.3 Å². The molecule has 0 saturated carbocycles. The molecule has 3 aromatic carbocycles. The van der Waals surface area contributed by atoms with Gasteiger partial charge in [0, 0.05) is 41.3 Å². The molecule has 0 aromatic heterocycles. The molecule has 3 aromatic rings. The highest BCUT2D eigenvalue weighted by atomic mass is 16.5. The van der Waals surface area contributed by atoms with Gasteiger partial charge in [0.1, 0.15) is 0 Å². The Hall–Kier alpha value is -4.13. The minimum Gasteiger partial charge on any atom is -0.484 e. The number of carbonyl (C=O) groups excluding carboxylic acids is 2. The van der Waals surface area contributed by atoms with Crippen LogP contribution >= 0.6 is 0 Å². The largest absolute Gasteiger partial charge is 0.484 e. The fourth-order valence-corrected chi connectivity index (χ4v) is 11.3. The zero-order valence-electron chi connectivity index (χ0n) is 51.3. The summed E-state index contributed by atoms with van der Waals surface area (Å²) in [5, 5.41) is 13.2. The van der Waals surface area contributed by atoms with E-state index < -0.39 is 0 Å². The summed E-state index contributed by atoms with van der Waals surface area (Å²) >= 11 is 0. The Bertz CT molecular complexity index is 1750. The topological polar surface area (TPSA) is 94.5 Å². The van der Waals surface area contributed by atoms with Gasteiger partial charge in [0.05, 0.1) is 6.61 Å². The quantitative estimate of drug-likeness (QED) is 0.0298. The van der Waals surface area contributed by atoms with Gasteiger partial charge in [0.2, 0.25) is 11.8 Å². The van der Waals surface area contributed by atoms with Gasteiger partial charge in [-0.2, -0.15) is 0 Å². The SMILES string of the molecule is CCCCCCCCCCCCCCCCCC(=O)Nc1ccc(N(c2ccc(CCCCCCCCCCCCCCCCCOC=N)cc2)c2ccc(NC(=O)CCCCCCCCCCCCCCCCC)cc2)cc1. The molecule has 0 atom stereocenters. The first-order valence-corrected chi connectivity index (χ1v) is 33.8. The molecule has 0 fully saturated rings. The molecule has 0 aliphatic rings. The van der Waals surface area contributed by atoms with Crippen molar-refractivity contribution in [1.29, 1.82) is 5.41 Å². The Balaban J connectivity index is 1.42. The average molecular weight is 1090 g/mol. The summed E-state index contributed by atoms with van der Waals surface area (Å²) in [5.41, 5.74) is 6.16. The fourth-order valence-electron chi connectivity index (χ4n) is 11.3. The van der Waals surface area contributed by atoms with E-state index >= 15 is 0 Å². The Morgan fingerprint density at radius 1 is 0.354 bits per heavy atom. The lowest BCUT2D eigenvalue weighted by Crippen LogP contribution is -2.13. The van der Waals surface area contributed by atoms with Crippen LogP contribution in [0.3, 0.4) is 0 Å². The average Bonchev–Trinajstić information content (AvgIpc) is 3.48. The second-order valence-electron chi connectivity index (χ2n) is 23.6. The van der Waals surface area contributed by atoms with E-state index in [1.165, 1.54) is 262 Å². The maximum absolute atomic E-state index is 13.0. The van der Waals surface area contributed by atoms with Crippen molar-refractivity contribution in [2.24, 2.45) is 0 Å². The van der Waals surface area contributed by atoms with Crippen molar-refractivity contribution in [2.45, 2.75) is 322 Å². The van der Waals surface area contributed by atoms with Crippen molar-refractivity contribution in [2.75, 3.05) is 22.1 Å². The summed E-state index contributed by atoms with van der Waals surface area (Å²) in [4.78, 5) is 28.3. The molecule has 79 heavy (non-hydrogen) atoms. The number of hydrogen-bond acceptors (Lipinski definition) is 5. The van der Waals surface area contributed by atoms with Crippen LogP contribution in [0.4, 0.5) is 28.4 Å². The lowest BCUT2D eigenvalue weighted by Gasteiger charge is -2.26. The lowest BCUT2D eigenvalue weighted by molar-refractivity contribution is -0.117. The fraction of sp³-hybridized carbons (Fsp3) is 0.708. The van der Waals surface area contributed by atoms with E-state index in [0.29, 0.717) is 19.4 Å². The smallest absolute Gasteiger partial charge is 0.224 e. The number of anilines is 5. The van der Waals surface area contributed by atoms with Gasteiger partial charge in [-0.25, -0.2) is 0 Å². The van der Waals surface area contributed by atoms with Crippen molar-refractivity contribution >= 4 is 46.7 Å². The Morgan fingerprint density at radius 2 is 0.608 bits per heavy atom. The van der Waals surface area contributed by atoms with Crippen LogP contribution in [0.15, 0.2) is 72.8 Å². The predicted octanol–water partition coefficient (Wildman–Crippen LogP) is 23.6. The number of hydrogen-bond donors (Lipinski definition) is 3.